The number of hydrogen-bond donors (Lipinski definition) is 0. The Hall–Kier alpha value is -3.25. The summed E-state index contributed by atoms with van der Waals surface area (Å²) in [5, 5.41) is 25.4. The van der Waals surface area contributed by atoms with E-state index in [2.05, 4.69) is 25.3 Å². The van der Waals surface area contributed by atoms with E-state index in [4.69, 9.17) is 27.9 Å². The number of aromatic nitrogens is 8. The van der Waals surface area contributed by atoms with Crippen molar-refractivity contribution in [2.24, 2.45) is 7.05 Å². The van der Waals surface area contributed by atoms with Crippen LogP contribution in [0.5, 0.6) is 5.88 Å². The molecule has 162 valence electrons. The van der Waals surface area contributed by atoms with Crippen LogP contribution in [-0.2, 0) is 13.6 Å². The lowest BCUT2D eigenvalue weighted by molar-refractivity contribution is -0.386. The van der Waals surface area contributed by atoms with Crippen LogP contribution in [0.25, 0.3) is 16.9 Å². The van der Waals surface area contributed by atoms with Crippen LogP contribution in [-0.4, -0.2) is 50.8 Å². The molecule has 4 aromatic heterocycles. The van der Waals surface area contributed by atoms with Crippen LogP contribution < -0.4 is 4.74 Å². The molecule has 0 unspecified atom stereocenters. The maximum atomic E-state index is 11.6. The van der Waals surface area contributed by atoms with E-state index in [-0.39, 0.29) is 28.6 Å². The van der Waals surface area contributed by atoms with Crippen LogP contribution in [0.4, 0.5) is 5.69 Å². The molecule has 12 nitrogen and oxygen atoms in total. The summed E-state index contributed by atoms with van der Waals surface area (Å²) >= 11 is 12.0. The monoisotopic (exact) mass is 465 g/mol. The average Bonchev–Trinajstić information content (AvgIpc) is 3.31. The van der Waals surface area contributed by atoms with E-state index < -0.39 is 4.92 Å². The molecule has 14 heteroatoms. The second-order valence-corrected chi connectivity index (χ2v) is 7.51. The van der Waals surface area contributed by atoms with Crippen LogP contribution in [0.15, 0.2) is 12.4 Å². The van der Waals surface area contributed by atoms with Gasteiger partial charge >= 0.3 is 11.6 Å². The van der Waals surface area contributed by atoms with E-state index in [9.17, 15) is 10.1 Å². The number of nitro groups is 1. The number of rotatable bonds is 7. The van der Waals surface area contributed by atoms with Gasteiger partial charge in [0.05, 0.1) is 16.9 Å². The zero-order valence-electron chi connectivity index (χ0n) is 16.8. The quantitative estimate of drug-likeness (QED) is 0.176. The minimum absolute atomic E-state index is 0.0683. The van der Waals surface area contributed by atoms with Crippen molar-refractivity contribution in [3.63, 3.8) is 0 Å². The first-order valence-electron chi connectivity index (χ1n) is 9.18. The van der Waals surface area contributed by atoms with E-state index in [0.29, 0.717) is 35.5 Å². The summed E-state index contributed by atoms with van der Waals surface area (Å²) in [7, 11) is 1.77. The number of halogens is 2. The minimum atomic E-state index is -0.508. The topological polar surface area (TPSA) is 132 Å². The Kier molecular flexibility index (Phi) is 5.50. The van der Waals surface area contributed by atoms with Crippen LogP contribution in [0.3, 0.4) is 0 Å². The Morgan fingerprint density at radius 2 is 2.00 bits per heavy atom. The third-order valence-corrected chi connectivity index (χ3v) is 5.05. The summed E-state index contributed by atoms with van der Waals surface area (Å²) in [6, 6.07) is 0. The summed E-state index contributed by atoms with van der Waals surface area (Å²) < 4.78 is 10.3. The molecule has 0 amide bonds. The van der Waals surface area contributed by atoms with Crippen molar-refractivity contribution in [2.45, 2.75) is 26.8 Å². The zero-order chi connectivity index (χ0) is 22.3. The third-order valence-electron chi connectivity index (χ3n) is 4.59. The standard InChI is InChI=1S/C17H17Cl2N9O3/c1-9-8-25(3)23-14(9)27-10(2)12(28(29)30)16(24-27)31-6-4-5-26-15-11(13(18)22-26)7-20-17(19)21-15/h7-8H,4-6H2,1-3H3. The molecule has 0 aromatic carbocycles. The lowest BCUT2D eigenvalue weighted by atomic mass is 10.3. The molecular weight excluding hydrogens is 449 g/mol. The van der Waals surface area contributed by atoms with Crippen molar-refractivity contribution in [2.75, 3.05) is 6.61 Å². The highest BCUT2D eigenvalue weighted by molar-refractivity contribution is 6.34. The van der Waals surface area contributed by atoms with Crippen LogP contribution in [0.2, 0.25) is 10.4 Å². The fraction of sp³-hybridized carbons (Fsp3) is 0.353. The largest absolute Gasteiger partial charge is 0.472 e. The fourth-order valence-corrected chi connectivity index (χ4v) is 3.58. The average molecular weight is 466 g/mol. The highest BCUT2D eigenvalue weighted by Crippen LogP contribution is 2.32. The molecular formula is C17H17Cl2N9O3. The van der Waals surface area contributed by atoms with Gasteiger partial charge in [0.25, 0.3) is 0 Å². The highest BCUT2D eigenvalue weighted by Gasteiger charge is 2.28. The second kappa shape index (κ2) is 8.12. The predicted octanol–water partition coefficient (Wildman–Crippen LogP) is 3.05. The van der Waals surface area contributed by atoms with Crippen molar-refractivity contribution >= 4 is 39.9 Å². The van der Waals surface area contributed by atoms with Crippen molar-refractivity contribution in [3.05, 3.63) is 44.2 Å². The molecule has 0 bridgehead atoms. The lowest BCUT2D eigenvalue weighted by Gasteiger charge is -2.04. The maximum absolute atomic E-state index is 11.6. The smallest absolute Gasteiger partial charge is 0.353 e. The van der Waals surface area contributed by atoms with Crippen LogP contribution >= 0.6 is 23.2 Å². The molecule has 4 heterocycles. The third kappa shape index (κ3) is 3.91. The van der Waals surface area contributed by atoms with Crippen molar-refractivity contribution in [3.8, 4) is 11.7 Å². The van der Waals surface area contributed by atoms with Gasteiger partial charge in [-0.25, -0.2) is 14.3 Å². The van der Waals surface area contributed by atoms with E-state index >= 15 is 0 Å². The van der Waals surface area contributed by atoms with E-state index in [1.165, 1.54) is 10.9 Å². The Morgan fingerprint density at radius 1 is 1.23 bits per heavy atom. The van der Waals surface area contributed by atoms with Gasteiger partial charge in [-0.15, -0.1) is 5.10 Å². The molecule has 0 saturated heterocycles. The molecule has 0 fully saturated rings. The SMILES string of the molecule is Cc1cn(C)nc1-n1nc(OCCCn2nc(Cl)c3cnc(Cl)nc32)c([N+](=O)[O-])c1C. The number of nitrogens with zero attached hydrogens (tertiary/aromatic N) is 9. The number of hydrogen-bond acceptors (Lipinski definition) is 8. The molecule has 31 heavy (non-hydrogen) atoms. The van der Waals surface area contributed by atoms with Gasteiger partial charge < -0.3 is 4.74 Å². The van der Waals surface area contributed by atoms with Gasteiger partial charge in [0.2, 0.25) is 5.28 Å². The van der Waals surface area contributed by atoms with Crippen molar-refractivity contribution < 1.29 is 9.66 Å². The summed E-state index contributed by atoms with van der Waals surface area (Å²) in [5.41, 5.74) is 1.47. The van der Waals surface area contributed by atoms with Crippen LogP contribution in [0, 0.1) is 24.0 Å². The minimum Gasteiger partial charge on any atom is -0.472 e. The molecule has 0 N–H and O–H groups in total. The van der Waals surface area contributed by atoms with Gasteiger partial charge in [0, 0.05) is 38.0 Å². The van der Waals surface area contributed by atoms with Gasteiger partial charge in [0.15, 0.2) is 16.6 Å². The summed E-state index contributed by atoms with van der Waals surface area (Å²) in [5.74, 6) is 0.438. The van der Waals surface area contributed by atoms with Crippen LogP contribution in [0.1, 0.15) is 17.7 Å². The first kappa shape index (κ1) is 21.0. The number of ether oxygens (including phenoxy) is 1. The number of fused-ring (bicyclic) bond motifs is 1. The van der Waals surface area contributed by atoms with Gasteiger partial charge in [-0.2, -0.15) is 15.2 Å². The maximum Gasteiger partial charge on any atom is 0.353 e. The summed E-state index contributed by atoms with van der Waals surface area (Å²) in [6.07, 6.45) is 3.78. The highest BCUT2D eigenvalue weighted by atomic mass is 35.5. The normalized spacial score (nSPS) is 11.4. The van der Waals surface area contributed by atoms with Gasteiger partial charge in [-0.1, -0.05) is 11.6 Å². The molecule has 0 saturated carbocycles. The van der Waals surface area contributed by atoms with E-state index in [1.807, 2.05) is 6.92 Å². The Bertz CT molecular complexity index is 1290. The summed E-state index contributed by atoms with van der Waals surface area (Å²) in [6.45, 7) is 4.03. The molecule has 4 aromatic rings. The molecule has 0 aliphatic rings. The zero-order valence-corrected chi connectivity index (χ0v) is 18.3. The van der Waals surface area contributed by atoms with Crippen molar-refractivity contribution in [1.29, 1.82) is 0 Å². The molecule has 0 spiro atoms. The predicted molar refractivity (Wildman–Crippen MR) is 112 cm³/mol. The van der Waals surface area contributed by atoms with E-state index in [1.54, 1.807) is 29.5 Å². The van der Waals surface area contributed by atoms with Crippen molar-refractivity contribution in [1.82, 2.24) is 39.3 Å². The molecule has 0 radical (unpaired) electrons. The number of aryl methyl sites for hydroxylation is 3. The molecule has 0 atom stereocenters. The Morgan fingerprint density at radius 3 is 2.68 bits per heavy atom. The van der Waals surface area contributed by atoms with Gasteiger partial charge in [0.1, 0.15) is 5.69 Å². The Labute approximate surface area is 185 Å². The van der Waals surface area contributed by atoms with E-state index in [0.717, 1.165) is 5.56 Å². The summed E-state index contributed by atoms with van der Waals surface area (Å²) in [4.78, 5) is 19.1. The van der Waals surface area contributed by atoms with Gasteiger partial charge in [-0.05, 0) is 25.4 Å². The molecule has 0 aliphatic heterocycles. The van der Waals surface area contributed by atoms with Gasteiger partial charge in [-0.3, -0.25) is 14.8 Å². The Balaban J connectivity index is 1.51. The first-order valence-corrected chi connectivity index (χ1v) is 9.94. The lowest BCUT2D eigenvalue weighted by Crippen LogP contribution is -2.07. The molecule has 4 rings (SSSR count). The second-order valence-electron chi connectivity index (χ2n) is 6.81. The first-order chi connectivity index (χ1) is 14.8. The fourth-order valence-electron chi connectivity index (χ4n) is 3.23. The molecule has 0 aliphatic carbocycles.